The summed E-state index contributed by atoms with van der Waals surface area (Å²) in [6.07, 6.45) is 2.38. The number of anilines is 3. The number of hydrogen-bond donors (Lipinski definition) is 1. The fourth-order valence-corrected chi connectivity index (χ4v) is 3.51. The van der Waals surface area contributed by atoms with Crippen LogP contribution in [0.15, 0.2) is 54.9 Å². The molecule has 2 aromatic carbocycles. The summed E-state index contributed by atoms with van der Waals surface area (Å²) in [5, 5.41) is 2.86. The number of amides is 1. The normalized spacial score (nSPS) is 14.5. The van der Waals surface area contributed by atoms with E-state index in [4.69, 9.17) is 9.47 Å². The molecule has 7 nitrogen and oxygen atoms in total. The molecule has 3 aromatic rings. The van der Waals surface area contributed by atoms with E-state index < -0.39 is 0 Å². The van der Waals surface area contributed by atoms with Gasteiger partial charge < -0.3 is 19.7 Å². The minimum Gasteiger partial charge on any atom is -0.486 e. The Morgan fingerprint density at radius 1 is 1.00 bits per heavy atom. The van der Waals surface area contributed by atoms with Crippen LogP contribution in [0.25, 0.3) is 0 Å². The maximum Gasteiger partial charge on any atom is 0.274 e. The van der Waals surface area contributed by atoms with Crippen LogP contribution in [0, 0.1) is 0 Å². The summed E-state index contributed by atoms with van der Waals surface area (Å²) in [5.41, 5.74) is 3.34. The monoisotopic (exact) mass is 374 g/mol. The van der Waals surface area contributed by atoms with Gasteiger partial charge in [-0.2, -0.15) is 0 Å². The second-order valence-corrected chi connectivity index (χ2v) is 6.60. The number of aromatic nitrogens is 2. The third kappa shape index (κ3) is 3.00. The molecule has 0 aliphatic carbocycles. The van der Waals surface area contributed by atoms with Crippen LogP contribution in [0.3, 0.4) is 0 Å². The quantitative estimate of drug-likeness (QED) is 0.759. The zero-order chi connectivity index (χ0) is 18.9. The van der Waals surface area contributed by atoms with Crippen molar-refractivity contribution < 1.29 is 14.3 Å². The van der Waals surface area contributed by atoms with Crippen molar-refractivity contribution in [2.24, 2.45) is 0 Å². The van der Waals surface area contributed by atoms with Crippen molar-refractivity contribution in [2.75, 3.05) is 30.0 Å². The molecule has 0 bridgehead atoms. The number of para-hydroxylation sites is 1. The first-order chi connectivity index (χ1) is 13.8. The van der Waals surface area contributed by atoms with Gasteiger partial charge in [0, 0.05) is 30.1 Å². The summed E-state index contributed by atoms with van der Waals surface area (Å²) in [4.78, 5) is 23.3. The van der Waals surface area contributed by atoms with Crippen molar-refractivity contribution in [1.29, 1.82) is 0 Å². The Hall–Kier alpha value is -3.61. The molecule has 0 saturated carbocycles. The standard InChI is InChI=1S/C21H18N4O3/c26-21(24-15-5-6-18-19(11-15)28-10-9-27-18)16-12-20(23-13-22-16)25-8-7-14-3-1-2-4-17(14)25/h1-6,11-13H,7-10H2,(H,24,26). The molecule has 0 spiro atoms. The third-order valence-electron chi connectivity index (χ3n) is 4.85. The molecule has 0 saturated heterocycles. The summed E-state index contributed by atoms with van der Waals surface area (Å²) < 4.78 is 11.1. The minimum atomic E-state index is -0.298. The van der Waals surface area contributed by atoms with E-state index in [1.807, 2.05) is 12.1 Å². The van der Waals surface area contributed by atoms with Gasteiger partial charge in [-0.3, -0.25) is 4.79 Å². The van der Waals surface area contributed by atoms with Crippen molar-refractivity contribution in [3.05, 3.63) is 66.1 Å². The van der Waals surface area contributed by atoms with E-state index in [1.165, 1.54) is 11.9 Å². The number of benzene rings is 2. The molecule has 3 heterocycles. The molecule has 0 radical (unpaired) electrons. The molecule has 0 fully saturated rings. The molecule has 7 heteroatoms. The van der Waals surface area contributed by atoms with Crippen LogP contribution in [0.4, 0.5) is 17.2 Å². The van der Waals surface area contributed by atoms with E-state index in [1.54, 1.807) is 24.3 Å². The maximum atomic E-state index is 12.7. The number of hydrogen-bond acceptors (Lipinski definition) is 6. The van der Waals surface area contributed by atoms with Crippen LogP contribution < -0.4 is 19.7 Å². The molecule has 1 amide bonds. The lowest BCUT2D eigenvalue weighted by Gasteiger charge is -2.19. The molecule has 2 aliphatic rings. The molecule has 1 aromatic heterocycles. The number of carbonyl (C=O) groups excluding carboxylic acids is 1. The third-order valence-corrected chi connectivity index (χ3v) is 4.85. The minimum absolute atomic E-state index is 0.298. The van der Waals surface area contributed by atoms with Crippen molar-refractivity contribution in [3.8, 4) is 11.5 Å². The Morgan fingerprint density at radius 3 is 2.79 bits per heavy atom. The Bertz CT molecular complexity index is 1050. The van der Waals surface area contributed by atoms with Gasteiger partial charge in [-0.1, -0.05) is 18.2 Å². The van der Waals surface area contributed by atoms with Crippen molar-refractivity contribution in [3.63, 3.8) is 0 Å². The van der Waals surface area contributed by atoms with Crippen LogP contribution in [-0.2, 0) is 6.42 Å². The summed E-state index contributed by atoms with van der Waals surface area (Å²) in [6.45, 7) is 1.86. The van der Waals surface area contributed by atoms with Crippen LogP contribution in [0.1, 0.15) is 16.1 Å². The average Bonchev–Trinajstić information content (AvgIpc) is 3.18. The molecule has 1 N–H and O–H groups in total. The number of ether oxygens (including phenoxy) is 2. The predicted octanol–water partition coefficient (Wildman–Crippen LogP) is 3.19. The first-order valence-corrected chi connectivity index (χ1v) is 9.16. The Morgan fingerprint density at radius 2 is 1.86 bits per heavy atom. The molecular formula is C21H18N4O3. The molecule has 140 valence electrons. The largest absolute Gasteiger partial charge is 0.486 e. The SMILES string of the molecule is O=C(Nc1ccc2c(c1)OCCO2)c1cc(N2CCc3ccccc32)ncn1. The highest BCUT2D eigenvalue weighted by atomic mass is 16.6. The topological polar surface area (TPSA) is 76.6 Å². The van der Waals surface area contributed by atoms with Crippen molar-refractivity contribution in [1.82, 2.24) is 9.97 Å². The van der Waals surface area contributed by atoms with Crippen LogP contribution in [-0.4, -0.2) is 35.6 Å². The Labute approximate surface area is 161 Å². The average molecular weight is 374 g/mol. The highest BCUT2D eigenvalue weighted by molar-refractivity contribution is 6.03. The van der Waals surface area contributed by atoms with Gasteiger partial charge in [0.15, 0.2) is 11.5 Å². The maximum absolute atomic E-state index is 12.7. The number of fused-ring (bicyclic) bond motifs is 2. The van der Waals surface area contributed by atoms with Gasteiger partial charge in [-0.05, 0) is 30.2 Å². The Balaban J connectivity index is 1.37. The lowest BCUT2D eigenvalue weighted by molar-refractivity contribution is 0.102. The molecule has 5 rings (SSSR count). The van der Waals surface area contributed by atoms with Gasteiger partial charge in [0.1, 0.15) is 31.1 Å². The van der Waals surface area contributed by atoms with Gasteiger partial charge in [0.25, 0.3) is 5.91 Å². The number of carbonyl (C=O) groups is 1. The summed E-state index contributed by atoms with van der Waals surface area (Å²) in [6, 6.07) is 15.3. The van der Waals surface area contributed by atoms with Crippen LogP contribution >= 0.6 is 0 Å². The second kappa shape index (κ2) is 6.84. The van der Waals surface area contributed by atoms with Gasteiger partial charge in [-0.15, -0.1) is 0 Å². The predicted molar refractivity (Wildman–Crippen MR) is 105 cm³/mol. The Kier molecular flexibility index (Phi) is 4.05. The number of nitrogens with zero attached hydrogens (tertiary/aromatic N) is 3. The highest BCUT2D eigenvalue weighted by Gasteiger charge is 2.22. The highest BCUT2D eigenvalue weighted by Crippen LogP contribution is 2.34. The zero-order valence-corrected chi connectivity index (χ0v) is 15.1. The van der Waals surface area contributed by atoms with E-state index in [0.717, 1.165) is 18.7 Å². The number of nitrogens with one attached hydrogen (secondary N) is 1. The van der Waals surface area contributed by atoms with E-state index in [-0.39, 0.29) is 5.91 Å². The smallest absolute Gasteiger partial charge is 0.274 e. The van der Waals surface area contributed by atoms with Crippen molar-refractivity contribution in [2.45, 2.75) is 6.42 Å². The van der Waals surface area contributed by atoms with E-state index in [2.05, 4.69) is 32.3 Å². The fourth-order valence-electron chi connectivity index (χ4n) is 3.51. The lowest BCUT2D eigenvalue weighted by Crippen LogP contribution is -2.19. The van der Waals surface area contributed by atoms with E-state index in [0.29, 0.717) is 41.9 Å². The fraction of sp³-hybridized carbons (Fsp3) is 0.190. The molecular weight excluding hydrogens is 356 g/mol. The van der Waals surface area contributed by atoms with Gasteiger partial charge in [-0.25, -0.2) is 9.97 Å². The van der Waals surface area contributed by atoms with Crippen LogP contribution in [0.5, 0.6) is 11.5 Å². The van der Waals surface area contributed by atoms with E-state index >= 15 is 0 Å². The van der Waals surface area contributed by atoms with Crippen LogP contribution in [0.2, 0.25) is 0 Å². The van der Waals surface area contributed by atoms with Gasteiger partial charge in [0.2, 0.25) is 0 Å². The first-order valence-electron chi connectivity index (χ1n) is 9.16. The summed E-state index contributed by atoms with van der Waals surface area (Å²) in [5.74, 6) is 1.72. The summed E-state index contributed by atoms with van der Waals surface area (Å²) in [7, 11) is 0. The van der Waals surface area contributed by atoms with E-state index in [9.17, 15) is 4.79 Å². The van der Waals surface area contributed by atoms with Gasteiger partial charge >= 0.3 is 0 Å². The molecule has 0 unspecified atom stereocenters. The van der Waals surface area contributed by atoms with Crippen molar-refractivity contribution >= 4 is 23.1 Å². The second-order valence-electron chi connectivity index (χ2n) is 6.60. The van der Waals surface area contributed by atoms with Gasteiger partial charge in [0.05, 0.1) is 0 Å². The zero-order valence-electron chi connectivity index (χ0n) is 15.1. The molecule has 2 aliphatic heterocycles. The molecule has 0 atom stereocenters. The summed E-state index contributed by atoms with van der Waals surface area (Å²) >= 11 is 0. The lowest BCUT2D eigenvalue weighted by atomic mass is 10.2. The number of rotatable bonds is 3. The first kappa shape index (κ1) is 16.6. The molecule has 28 heavy (non-hydrogen) atoms.